The predicted octanol–water partition coefficient (Wildman–Crippen LogP) is 27.0. The molecule has 1 unspecified atom stereocenters. The molecule has 4 heteroatoms. The van der Waals surface area contributed by atoms with Crippen LogP contribution in [0.15, 0.2) is 388 Å². The van der Waals surface area contributed by atoms with Gasteiger partial charge in [-0.2, -0.15) is 0 Å². The molecule has 3 nitrogen and oxygen atoms in total. The summed E-state index contributed by atoms with van der Waals surface area (Å²) in [5, 5.41) is 2.02. The number of anilines is 6. The van der Waals surface area contributed by atoms with Crippen molar-refractivity contribution in [2.75, 3.05) is 9.80 Å². The van der Waals surface area contributed by atoms with Gasteiger partial charge in [0.25, 0.3) is 6.71 Å². The second kappa shape index (κ2) is 26.3. The molecule has 3 aliphatic rings. The van der Waals surface area contributed by atoms with E-state index in [0.29, 0.717) is 28.1 Å². The molecule has 0 amide bonds. The highest BCUT2D eigenvalue weighted by Crippen LogP contribution is 2.62. The van der Waals surface area contributed by atoms with Crippen molar-refractivity contribution in [3.05, 3.63) is 421 Å². The van der Waals surface area contributed by atoms with E-state index in [-0.39, 0.29) is 45.1 Å². The van der Waals surface area contributed by atoms with Crippen molar-refractivity contribution in [2.45, 2.75) is 57.8 Å². The summed E-state index contributed by atoms with van der Waals surface area (Å²) in [5.74, 6) is 0. The normalized spacial score (nSPS) is 15.7. The third-order valence-corrected chi connectivity index (χ3v) is 23.6. The van der Waals surface area contributed by atoms with Gasteiger partial charge in [0.2, 0.25) is 0 Å². The van der Waals surface area contributed by atoms with E-state index < -0.39 is 89.4 Å². The molecule has 2 aliphatic heterocycles. The van der Waals surface area contributed by atoms with E-state index in [1.165, 1.54) is 0 Å². The number of rotatable bonds is 11. The van der Waals surface area contributed by atoms with Crippen molar-refractivity contribution in [1.29, 1.82) is 0 Å². The van der Waals surface area contributed by atoms with Gasteiger partial charge in [0.05, 0.1) is 51.3 Å². The van der Waals surface area contributed by atoms with Gasteiger partial charge in [0.1, 0.15) is 0 Å². The van der Waals surface area contributed by atoms with Gasteiger partial charge in [-0.1, -0.05) is 369 Å². The maximum Gasteiger partial charge on any atom is 0.252 e. The third-order valence-electron chi connectivity index (χ3n) is 23.6. The second-order valence-electron chi connectivity index (χ2n) is 32.1. The SMILES string of the molecule is [2H]c1c([2H])c([2H])c(-c2ccc3c(c2)B2c4ccc(-c5cccc6c5C(c5ccccc5)(c5cccc7ccccc57)c5ccccc5-6)cc4N(c4c(-c5ccccc5)cc(C(C)(C)C)cc4-c4ccccc4)c4cc(-n5c6c([2H])c([2H])c([2H])c([2H])c6c6c([2H])c([2H])c([2H])c([2H])c65)cc(c42)N3c2c(-c3ccccc3)cc(C(C)(C)C)cc2-c2ccccc2)c([2H])c1[2H]. The first-order chi connectivity index (χ1) is 60.8. The van der Waals surface area contributed by atoms with Crippen molar-refractivity contribution in [3.63, 3.8) is 0 Å². The highest BCUT2D eigenvalue weighted by Gasteiger charge is 2.50. The summed E-state index contributed by atoms with van der Waals surface area (Å²) in [6, 6.07) is 103. The fourth-order valence-corrected chi connectivity index (χ4v) is 18.5. The van der Waals surface area contributed by atoms with Gasteiger partial charge in [-0.05, 0) is 188 Å². The van der Waals surface area contributed by atoms with Crippen LogP contribution in [0.2, 0.25) is 0 Å². The van der Waals surface area contributed by atoms with Crippen molar-refractivity contribution in [2.24, 2.45) is 0 Å². The number of aromatic nitrogens is 1. The van der Waals surface area contributed by atoms with E-state index in [2.05, 4.69) is 282 Å². The van der Waals surface area contributed by atoms with Crippen molar-refractivity contribution >= 4 is 89.8 Å². The Morgan fingerprint density at radius 3 is 1.32 bits per heavy atom. The molecule has 536 valence electrons. The third kappa shape index (κ3) is 10.7. The van der Waals surface area contributed by atoms with Gasteiger partial charge in [0, 0.05) is 55.8 Å². The standard InChI is InChI=1S/C109H82BN3/c1-107(2,3)80-65-89(73-37-15-8-16-38-73)105(90(66-80)74-39-17-9-18-40-74)112-99-62-60-77(71-35-13-7-14-36-71)63-96(99)110-95-61-59-78(84-53-34-54-88-85-50-27-30-55-94(85)109(103(84)88,79-47-23-12-24-48-79)93-56-33-46-72-45-25-26-49-83(72)93)64-100(95)113(102-70-82(69-101(112)104(102)110)111-97-57-31-28-51-86(97)87-52-29-32-58-98(87)111)106-91(75-41-19-10-20-42-75)67-81(108(4,5)6)68-92(106)76-43-21-11-22-44-76/h7-70H,1-6H3/i7D,13D,14D,28D,29D,31D,32D,35D,36D,51D,52D,57D,58D. The Labute approximate surface area is 681 Å². The minimum absolute atomic E-state index is 0.0145. The highest BCUT2D eigenvalue weighted by molar-refractivity contribution is 7.00. The van der Waals surface area contributed by atoms with Gasteiger partial charge in [0.15, 0.2) is 0 Å². The summed E-state index contributed by atoms with van der Waals surface area (Å²) in [4.78, 5) is 4.68. The molecule has 17 aromatic carbocycles. The van der Waals surface area contributed by atoms with E-state index in [1.807, 2.05) is 78.9 Å². The highest BCUT2D eigenvalue weighted by atomic mass is 15.2. The lowest BCUT2D eigenvalue weighted by Gasteiger charge is -2.46. The molecule has 0 saturated heterocycles. The maximum absolute atomic E-state index is 10.3. The molecule has 1 aliphatic carbocycles. The van der Waals surface area contributed by atoms with Crippen LogP contribution in [0.4, 0.5) is 34.1 Å². The molecule has 1 aromatic heterocycles. The molecule has 1 atom stereocenters. The molecule has 0 radical (unpaired) electrons. The Bertz CT molecular complexity index is 7420. The summed E-state index contributed by atoms with van der Waals surface area (Å²) in [7, 11) is 0. The number of para-hydroxylation sites is 2. The van der Waals surface area contributed by atoms with E-state index >= 15 is 0 Å². The lowest BCUT2D eigenvalue weighted by molar-refractivity contribution is 0.590. The van der Waals surface area contributed by atoms with Gasteiger partial charge in [-0.3, -0.25) is 0 Å². The summed E-state index contributed by atoms with van der Waals surface area (Å²) in [5.41, 5.74) is 22.3. The number of hydrogen-bond donors (Lipinski definition) is 0. The first kappa shape index (κ1) is 55.0. The van der Waals surface area contributed by atoms with Crippen LogP contribution in [0.5, 0.6) is 0 Å². The van der Waals surface area contributed by atoms with Crippen molar-refractivity contribution < 1.29 is 17.8 Å². The molecule has 18 aromatic rings. The Kier molecular flexibility index (Phi) is 12.8. The lowest BCUT2D eigenvalue weighted by atomic mass is 9.33. The Morgan fingerprint density at radius 2 is 0.752 bits per heavy atom. The summed E-state index contributed by atoms with van der Waals surface area (Å²) >= 11 is 0. The Hall–Kier alpha value is -13.5. The van der Waals surface area contributed by atoms with E-state index in [4.69, 9.17) is 1.37 Å². The molecule has 3 heterocycles. The maximum atomic E-state index is 10.3. The fourth-order valence-electron chi connectivity index (χ4n) is 18.5. The summed E-state index contributed by atoms with van der Waals surface area (Å²) in [6.45, 7) is 12.4. The molecule has 0 saturated carbocycles. The summed E-state index contributed by atoms with van der Waals surface area (Å²) in [6.07, 6.45) is 0. The number of fused-ring (bicyclic) bond motifs is 11. The molecule has 0 bridgehead atoms. The smallest absolute Gasteiger partial charge is 0.252 e. The average Bonchev–Trinajstić information content (AvgIpc) is 1.39. The zero-order chi connectivity index (χ0) is 87.2. The Balaban J connectivity index is 1.00. The van der Waals surface area contributed by atoms with Crippen LogP contribution in [0.25, 0.3) is 116 Å². The van der Waals surface area contributed by atoms with Crippen LogP contribution >= 0.6 is 0 Å². The first-order valence-corrected chi connectivity index (χ1v) is 38.8. The lowest BCUT2D eigenvalue weighted by Crippen LogP contribution is -2.61. The van der Waals surface area contributed by atoms with Gasteiger partial charge < -0.3 is 14.4 Å². The van der Waals surface area contributed by atoms with E-state index in [9.17, 15) is 16.4 Å². The van der Waals surface area contributed by atoms with Gasteiger partial charge in [-0.15, -0.1) is 0 Å². The number of hydrogen-bond acceptors (Lipinski definition) is 2. The van der Waals surface area contributed by atoms with E-state index in [0.717, 1.165) is 139 Å². The van der Waals surface area contributed by atoms with Crippen LogP contribution < -0.4 is 26.2 Å². The van der Waals surface area contributed by atoms with Crippen LogP contribution in [0.3, 0.4) is 0 Å². The molecule has 21 rings (SSSR count). The zero-order valence-electron chi connectivity index (χ0n) is 76.4. The topological polar surface area (TPSA) is 11.4 Å². The molecule has 0 fully saturated rings. The minimum Gasteiger partial charge on any atom is -0.310 e. The monoisotopic (exact) mass is 1460 g/mol. The second-order valence-corrected chi connectivity index (χ2v) is 32.1. The van der Waals surface area contributed by atoms with Crippen LogP contribution in [-0.4, -0.2) is 11.3 Å². The quantitative estimate of drug-likeness (QED) is 0.120. The number of nitrogens with zero attached hydrogens (tertiary/aromatic N) is 3. The van der Waals surface area contributed by atoms with Gasteiger partial charge in [-0.25, -0.2) is 0 Å². The van der Waals surface area contributed by atoms with E-state index in [1.54, 1.807) is 4.57 Å². The average molecular weight is 1460 g/mol. The van der Waals surface area contributed by atoms with Crippen LogP contribution in [-0.2, 0) is 16.2 Å². The van der Waals surface area contributed by atoms with Crippen molar-refractivity contribution in [3.8, 4) is 83.6 Å². The zero-order valence-corrected chi connectivity index (χ0v) is 63.4. The molecular formula is C109H82BN3. The Morgan fingerprint density at radius 1 is 0.301 bits per heavy atom. The molecule has 0 N–H and O–H groups in total. The largest absolute Gasteiger partial charge is 0.310 e. The van der Waals surface area contributed by atoms with Gasteiger partial charge >= 0.3 is 0 Å². The first-order valence-electron chi connectivity index (χ1n) is 45.3. The number of benzene rings is 17. The minimum atomic E-state index is -0.943. The van der Waals surface area contributed by atoms with Crippen molar-refractivity contribution in [1.82, 2.24) is 4.57 Å². The predicted molar refractivity (Wildman–Crippen MR) is 480 cm³/mol. The molecular weight excluding hydrogens is 1360 g/mol. The van der Waals surface area contributed by atoms with Crippen LogP contribution in [0, 0.1) is 0 Å². The molecule has 113 heavy (non-hydrogen) atoms. The molecule has 0 spiro atoms. The van der Waals surface area contributed by atoms with Crippen LogP contribution in [0.1, 0.15) is 92.7 Å². The fraction of sp³-hybridized carbons (Fsp3) is 0.0826. The summed E-state index contributed by atoms with van der Waals surface area (Å²) < 4.78 is 128.